The SMILES string of the molecule is CCCC[N+](CCCC)(CCCC)CCCC.NC(N)=S.O=[N+]([O-])[O-]. The average Bonchev–Trinajstić information content (AvgIpc) is 2.52. The topological polar surface area (TPSA) is 118 Å². The molecule has 0 aromatic heterocycles. The van der Waals surface area contributed by atoms with Crippen molar-refractivity contribution in [3.05, 3.63) is 15.3 Å². The lowest BCUT2D eigenvalue weighted by molar-refractivity contribution is -0.929. The quantitative estimate of drug-likeness (QED) is 0.229. The zero-order valence-corrected chi connectivity index (χ0v) is 17.5. The molecule has 0 atom stereocenters. The molecule has 0 saturated heterocycles. The molecule has 0 saturated carbocycles. The number of rotatable bonds is 12. The summed E-state index contributed by atoms with van der Waals surface area (Å²) >= 11 is 4.09. The van der Waals surface area contributed by atoms with Crippen LogP contribution < -0.4 is 11.5 Å². The summed E-state index contributed by atoms with van der Waals surface area (Å²) in [6.45, 7) is 15.0. The molecule has 7 nitrogen and oxygen atoms in total. The first-order valence-corrected chi connectivity index (χ1v) is 9.83. The summed E-state index contributed by atoms with van der Waals surface area (Å²) < 4.78 is 1.42. The molecule has 0 aromatic carbocycles. The summed E-state index contributed by atoms with van der Waals surface area (Å²) in [6.07, 6.45) is 11.1. The third-order valence-corrected chi connectivity index (χ3v) is 3.94. The van der Waals surface area contributed by atoms with Crippen molar-refractivity contribution in [3.8, 4) is 0 Å². The maximum absolute atomic E-state index is 8.25. The number of thiocarbonyl (C=S) groups is 1. The second-order valence-electron chi connectivity index (χ2n) is 6.28. The number of nitrogens with two attached hydrogens (primary N) is 2. The Kier molecular flexibility index (Phi) is 23.9. The van der Waals surface area contributed by atoms with E-state index in [1.165, 1.54) is 82.0 Å². The van der Waals surface area contributed by atoms with Gasteiger partial charge >= 0.3 is 0 Å². The molecule has 25 heavy (non-hydrogen) atoms. The van der Waals surface area contributed by atoms with Crippen molar-refractivity contribution in [3.63, 3.8) is 0 Å². The molecule has 8 heteroatoms. The molecule has 0 aromatic rings. The molecule has 0 fully saturated rings. The van der Waals surface area contributed by atoms with E-state index in [0.29, 0.717) is 0 Å². The van der Waals surface area contributed by atoms with Crippen molar-refractivity contribution >= 4 is 17.3 Å². The van der Waals surface area contributed by atoms with E-state index < -0.39 is 5.09 Å². The Labute approximate surface area is 159 Å². The minimum absolute atomic E-state index is 0.000000000000000222. The Hall–Kier alpha value is -1.15. The lowest BCUT2D eigenvalue weighted by Crippen LogP contribution is -2.50. The second-order valence-corrected chi connectivity index (χ2v) is 6.75. The van der Waals surface area contributed by atoms with Crippen LogP contribution in [0.2, 0.25) is 0 Å². The largest absolute Gasteiger partial charge is 0.377 e. The molecule has 0 aliphatic rings. The molecule has 0 rings (SSSR count). The van der Waals surface area contributed by atoms with Crippen molar-refractivity contribution in [1.82, 2.24) is 0 Å². The van der Waals surface area contributed by atoms with Crippen molar-refractivity contribution < 1.29 is 9.57 Å². The number of quaternary nitrogens is 1. The van der Waals surface area contributed by atoms with Gasteiger partial charge in [-0.3, -0.25) is 0 Å². The molecular formula is C17H40N4O3S. The van der Waals surface area contributed by atoms with Gasteiger partial charge in [-0.25, -0.2) is 0 Å². The van der Waals surface area contributed by atoms with Gasteiger partial charge in [-0.15, -0.1) is 0 Å². The fourth-order valence-corrected chi connectivity index (χ4v) is 2.64. The predicted octanol–water partition coefficient (Wildman–Crippen LogP) is 3.95. The Morgan fingerprint density at radius 2 is 0.960 bits per heavy atom. The third-order valence-electron chi connectivity index (χ3n) is 3.94. The molecule has 0 unspecified atom stereocenters. The van der Waals surface area contributed by atoms with Crippen LogP contribution in [0.25, 0.3) is 0 Å². The summed E-state index contributed by atoms with van der Waals surface area (Å²) in [6, 6.07) is 0. The van der Waals surface area contributed by atoms with Crippen LogP contribution in [0.4, 0.5) is 0 Å². The molecule has 0 bridgehead atoms. The Morgan fingerprint density at radius 1 is 0.800 bits per heavy atom. The van der Waals surface area contributed by atoms with Crippen LogP contribution in [0.15, 0.2) is 0 Å². The summed E-state index contributed by atoms with van der Waals surface area (Å²) in [5.41, 5.74) is 9.24. The molecule has 0 heterocycles. The number of unbranched alkanes of at least 4 members (excludes halogenated alkanes) is 4. The van der Waals surface area contributed by atoms with Gasteiger partial charge in [0.2, 0.25) is 0 Å². The minimum atomic E-state index is -1.75. The van der Waals surface area contributed by atoms with Crippen LogP contribution in [0, 0.1) is 15.3 Å². The normalized spacial score (nSPS) is 10.1. The molecular weight excluding hydrogens is 340 g/mol. The third kappa shape index (κ3) is 28.0. The van der Waals surface area contributed by atoms with E-state index in [2.05, 4.69) is 51.4 Å². The maximum atomic E-state index is 8.25. The van der Waals surface area contributed by atoms with Crippen molar-refractivity contribution in [2.45, 2.75) is 79.1 Å². The van der Waals surface area contributed by atoms with E-state index in [4.69, 9.17) is 15.3 Å². The highest BCUT2D eigenvalue weighted by atomic mass is 32.1. The van der Waals surface area contributed by atoms with Crippen LogP contribution in [0.1, 0.15) is 79.1 Å². The van der Waals surface area contributed by atoms with Crippen molar-refractivity contribution in [2.24, 2.45) is 11.5 Å². The monoisotopic (exact) mass is 380 g/mol. The van der Waals surface area contributed by atoms with Gasteiger partial charge in [-0.1, -0.05) is 53.4 Å². The van der Waals surface area contributed by atoms with Gasteiger partial charge in [-0.2, -0.15) is 0 Å². The highest BCUT2D eigenvalue weighted by Gasteiger charge is 2.24. The highest BCUT2D eigenvalue weighted by Crippen LogP contribution is 2.16. The molecule has 4 N–H and O–H groups in total. The first-order valence-electron chi connectivity index (χ1n) is 9.42. The van der Waals surface area contributed by atoms with Crippen LogP contribution in [-0.4, -0.2) is 40.9 Å². The van der Waals surface area contributed by atoms with E-state index in [0.717, 1.165) is 0 Å². The van der Waals surface area contributed by atoms with E-state index in [1.807, 2.05) is 0 Å². The van der Waals surface area contributed by atoms with Gasteiger partial charge in [0.05, 0.1) is 31.3 Å². The van der Waals surface area contributed by atoms with Gasteiger partial charge < -0.3 is 31.3 Å². The number of nitrogens with zero attached hydrogens (tertiary/aromatic N) is 2. The molecule has 0 spiro atoms. The molecule has 0 aliphatic carbocycles. The summed E-state index contributed by atoms with van der Waals surface area (Å²) in [4.78, 5) is 8.25. The van der Waals surface area contributed by atoms with E-state index >= 15 is 0 Å². The van der Waals surface area contributed by atoms with Crippen LogP contribution in [-0.2, 0) is 0 Å². The van der Waals surface area contributed by atoms with Crippen molar-refractivity contribution in [2.75, 3.05) is 26.2 Å². The lowest BCUT2D eigenvalue weighted by Gasteiger charge is -2.39. The Balaban J connectivity index is -0.000000503. The van der Waals surface area contributed by atoms with Crippen LogP contribution in [0.3, 0.4) is 0 Å². The molecule has 0 aliphatic heterocycles. The summed E-state index contributed by atoms with van der Waals surface area (Å²) in [5.74, 6) is 0. The summed E-state index contributed by atoms with van der Waals surface area (Å²) in [7, 11) is 0. The fraction of sp³-hybridized carbons (Fsp3) is 0.941. The zero-order valence-electron chi connectivity index (χ0n) is 16.7. The standard InChI is InChI=1S/C16H36N.CH4N2S.NO3/c1-5-9-13-17(14-10-6-2,15-11-7-3)16-12-8-4;2*2-1(3)4/h5-16H2,1-4H3;(H4,2,3,4);/q+1;;-1. The second kappa shape index (κ2) is 20.9. The van der Waals surface area contributed by atoms with Gasteiger partial charge in [0.1, 0.15) is 0 Å². The fourth-order valence-electron chi connectivity index (χ4n) is 2.64. The smallest absolute Gasteiger partial charge is 0.160 e. The highest BCUT2D eigenvalue weighted by molar-refractivity contribution is 7.80. The maximum Gasteiger partial charge on any atom is 0.160 e. The van der Waals surface area contributed by atoms with Crippen molar-refractivity contribution in [1.29, 1.82) is 0 Å². The average molecular weight is 381 g/mol. The molecule has 0 amide bonds. The summed E-state index contributed by atoms with van der Waals surface area (Å²) in [5, 5.41) is 14.8. The number of hydrogen-bond acceptors (Lipinski definition) is 4. The van der Waals surface area contributed by atoms with E-state index in [9.17, 15) is 0 Å². The predicted molar refractivity (Wildman–Crippen MR) is 111 cm³/mol. The van der Waals surface area contributed by atoms with Crippen LogP contribution >= 0.6 is 12.2 Å². The van der Waals surface area contributed by atoms with Gasteiger partial charge in [0.25, 0.3) is 0 Å². The van der Waals surface area contributed by atoms with Gasteiger partial charge in [0, 0.05) is 0 Å². The van der Waals surface area contributed by atoms with Gasteiger partial charge in [-0.05, 0) is 37.9 Å². The molecule has 0 radical (unpaired) electrons. The Morgan fingerprint density at radius 3 is 1.08 bits per heavy atom. The molecule has 152 valence electrons. The number of hydrogen-bond donors (Lipinski definition) is 2. The van der Waals surface area contributed by atoms with Crippen LogP contribution in [0.5, 0.6) is 0 Å². The first-order chi connectivity index (χ1) is 11.7. The zero-order chi connectivity index (χ0) is 20.1. The van der Waals surface area contributed by atoms with Gasteiger partial charge in [0.15, 0.2) is 5.11 Å². The Bertz CT molecular complexity index is 261. The van der Waals surface area contributed by atoms with E-state index in [1.54, 1.807) is 0 Å². The van der Waals surface area contributed by atoms with E-state index in [-0.39, 0.29) is 5.11 Å². The minimum Gasteiger partial charge on any atom is -0.377 e. The lowest BCUT2D eigenvalue weighted by atomic mass is 10.1. The first kappa shape index (κ1) is 28.6.